The van der Waals surface area contributed by atoms with E-state index in [0.717, 1.165) is 31.8 Å². The molecule has 0 aromatic carbocycles. The summed E-state index contributed by atoms with van der Waals surface area (Å²) in [7, 11) is 1.38. The van der Waals surface area contributed by atoms with Gasteiger partial charge in [-0.05, 0) is 30.7 Å². The van der Waals surface area contributed by atoms with Crippen LogP contribution in [0.2, 0.25) is 0 Å². The molecule has 0 atom stereocenters. The fourth-order valence-electron chi connectivity index (χ4n) is 2.76. The summed E-state index contributed by atoms with van der Waals surface area (Å²) in [5.41, 5.74) is 6.65. The number of carbonyl (C=O) groups is 1. The summed E-state index contributed by atoms with van der Waals surface area (Å²) in [6.07, 6.45) is 3.85. The third-order valence-electron chi connectivity index (χ3n) is 4.08. The van der Waals surface area contributed by atoms with Crippen LogP contribution in [0.3, 0.4) is 0 Å². The fraction of sp³-hybridized carbons (Fsp3) is 0.600. The largest absolute Gasteiger partial charge is 0.465 e. The lowest BCUT2D eigenvalue weighted by atomic mass is 9.86. The molecule has 20 heavy (non-hydrogen) atoms. The summed E-state index contributed by atoms with van der Waals surface area (Å²) < 4.78 is 4.82. The zero-order valence-electron chi connectivity index (χ0n) is 12.4. The minimum absolute atomic E-state index is 0.384. The lowest BCUT2D eigenvalue weighted by Gasteiger charge is -2.35. The predicted octanol–water partition coefficient (Wildman–Crippen LogP) is 2.32. The zero-order chi connectivity index (χ0) is 14.7. The van der Waals surface area contributed by atoms with Crippen LogP contribution < -0.4 is 10.6 Å². The number of carbonyl (C=O) groups excluding carboxylic acids is 1. The molecule has 2 rings (SSSR count). The van der Waals surface area contributed by atoms with Crippen molar-refractivity contribution in [2.75, 3.05) is 30.8 Å². The summed E-state index contributed by atoms with van der Waals surface area (Å²) in [5, 5.41) is 0. The maximum Gasteiger partial charge on any atom is 0.341 e. The molecular weight excluding hydrogens is 254 g/mol. The molecule has 1 saturated heterocycles. The van der Waals surface area contributed by atoms with Gasteiger partial charge in [-0.3, -0.25) is 0 Å². The summed E-state index contributed by atoms with van der Waals surface area (Å²) in [5.74, 6) is 1.76. The summed E-state index contributed by atoms with van der Waals surface area (Å²) in [6.45, 7) is 6.37. The molecule has 5 nitrogen and oxygen atoms in total. The van der Waals surface area contributed by atoms with Crippen molar-refractivity contribution in [2.45, 2.75) is 26.7 Å². The van der Waals surface area contributed by atoms with Gasteiger partial charge in [0.25, 0.3) is 0 Å². The molecule has 1 aromatic rings. The molecule has 0 saturated carbocycles. The van der Waals surface area contributed by atoms with E-state index in [0.29, 0.717) is 23.0 Å². The number of nitrogen functional groups attached to an aromatic ring is 1. The van der Waals surface area contributed by atoms with Crippen molar-refractivity contribution in [3.8, 4) is 0 Å². The van der Waals surface area contributed by atoms with E-state index in [2.05, 4.69) is 23.7 Å². The van der Waals surface area contributed by atoms with E-state index in [1.807, 2.05) is 0 Å². The van der Waals surface area contributed by atoms with Gasteiger partial charge in [-0.25, -0.2) is 9.78 Å². The summed E-state index contributed by atoms with van der Waals surface area (Å²) in [6, 6.07) is 1.64. The number of piperidine rings is 1. The molecule has 0 spiro atoms. The second kappa shape index (κ2) is 6.11. The molecule has 0 amide bonds. The number of hydrogen-bond donors (Lipinski definition) is 1. The second-order valence-electron chi connectivity index (χ2n) is 5.70. The number of esters is 1. The van der Waals surface area contributed by atoms with Gasteiger partial charge in [-0.15, -0.1) is 0 Å². The Morgan fingerprint density at radius 2 is 2.10 bits per heavy atom. The monoisotopic (exact) mass is 277 g/mol. The van der Waals surface area contributed by atoms with Crippen LogP contribution in [0.1, 0.15) is 37.0 Å². The van der Waals surface area contributed by atoms with Gasteiger partial charge < -0.3 is 15.4 Å². The van der Waals surface area contributed by atoms with Crippen molar-refractivity contribution in [3.05, 3.63) is 17.8 Å². The zero-order valence-corrected chi connectivity index (χ0v) is 12.4. The van der Waals surface area contributed by atoms with Gasteiger partial charge in [-0.2, -0.15) is 0 Å². The van der Waals surface area contributed by atoms with E-state index < -0.39 is 0 Å². The van der Waals surface area contributed by atoms with E-state index in [1.54, 1.807) is 12.3 Å². The van der Waals surface area contributed by atoms with Gasteiger partial charge >= 0.3 is 5.97 Å². The average molecular weight is 277 g/mol. The first kappa shape index (κ1) is 14.6. The third kappa shape index (κ3) is 3.03. The number of rotatable bonds is 3. The highest BCUT2D eigenvalue weighted by molar-refractivity contribution is 5.95. The number of pyridine rings is 1. The predicted molar refractivity (Wildman–Crippen MR) is 79.8 cm³/mol. The van der Waals surface area contributed by atoms with Gasteiger partial charge in [0.1, 0.15) is 11.4 Å². The number of nitrogens with zero attached hydrogens (tertiary/aromatic N) is 2. The number of anilines is 2. The van der Waals surface area contributed by atoms with E-state index >= 15 is 0 Å². The SMILES string of the molecule is COC(=O)c1cc(N)cnc1N1CCC(C(C)C)CC1. The van der Waals surface area contributed by atoms with Gasteiger partial charge in [0.15, 0.2) is 0 Å². The smallest absolute Gasteiger partial charge is 0.341 e. The normalized spacial score (nSPS) is 16.5. The number of hydrogen-bond acceptors (Lipinski definition) is 5. The van der Waals surface area contributed by atoms with Crippen LogP contribution in [0.4, 0.5) is 11.5 Å². The first-order valence-corrected chi connectivity index (χ1v) is 7.11. The van der Waals surface area contributed by atoms with E-state index in [1.165, 1.54) is 7.11 Å². The molecule has 0 unspecified atom stereocenters. The lowest BCUT2D eigenvalue weighted by molar-refractivity contribution is 0.0601. The first-order chi connectivity index (χ1) is 9.52. The van der Waals surface area contributed by atoms with E-state index in [-0.39, 0.29) is 5.97 Å². The maximum atomic E-state index is 11.9. The molecule has 2 heterocycles. The quantitative estimate of drug-likeness (QED) is 0.859. The van der Waals surface area contributed by atoms with Crippen LogP contribution in [0.25, 0.3) is 0 Å². The topological polar surface area (TPSA) is 68.5 Å². The highest BCUT2D eigenvalue weighted by atomic mass is 16.5. The standard InChI is InChI=1S/C15H23N3O2/c1-10(2)11-4-6-18(7-5-11)14-13(15(19)20-3)8-12(16)9-17-14/h8-11H,4-7,16H2,1-3H3. The van der Waals surface area contributed by atoms with Gasteiger partial charge in [-0.1, -0.05) is 13.8 Å². The molecule has 1 aromatic heterocycles. The molecule has 1 fully saturated rings. The average Bonchev–Trinajstić information content (AvgIpc) is 2.46. The summed E-state index contributed by atoms with van der Waals surface area (Å²) >= 11 is 0. The third-order valence-corrected chi connectivity index (χ3v) is 4.08. The highest BCUT2D eigenvalue weighted by Crippen LogP contribution is 2.29. The van der Waals surface area contributed by atoms with E-state index in [9.17, 15) is 4.79 Å². The molecular formula is C15H23N3O2. The number of methoxy groups -OCH3 is 1. The summed E-state index contributed by atoms with van der Waals surface area (Å²) in [4.78, 5) is 18.4. The minimum atomic E-state index is -0.384. The van der Waals surface area contributed by atoms with Gasteiger partial charge in [0.2, 0.25) is 0 Å². The Morgan fingerprint density at radius 3 is 2.65 bits per heavy atom. The minimum Gasteiger partial charge on any atom is -0.465 e. The molecule has 0 aliphatic carbocycles. The van der Waals surface area contributed by atoms with Gasteiger partial charge in [0.05, 0.1) is 19.0 Å². The van der Waals surface area contributed by atoms with Gasteiger partial charge in [0, 0.05) is 13.1 Å². The fourth-order valence-corrected chi connectivity index (χ4v) is 2.76. The van der Waals surface area contributed by atoms with Crippen LogP contribution in [-0.4, -0.2) is 31.2 Å². The second-order valence-corrected chi connectivity index (χ2v) is 5.70. The Bertz CT molecular complexity index is 480. The maximum absolute atomic E-state index is 11.9. The first-order valence-electron chi connectivity index (χ1n) is 7.11. The number of nitrogens with two attached hydrogens (primary N) is 1. The van der Waals surface area contributed by atoms with Crippen molar-refractivity contribution >= 4 is 17.5 Å². The highest BCUT2D eigenvalue weighted by Gasteiger charge is 2.25. The van der Waals surface area contributed by atoms with Crippen molar-refractivity contribution < 1.29 is 9.53 Å². The van der Waals surface area contributed by atoms with Crippen LogP contribution in [-0.2, 0) is 4.74 Å². The van der Waals surface area contributed by atoms with Crippen molar-refractivity contribution in [1.29, 1.82) is 0 Å². The molecule has 2 N–H and O–H groups in total. The Kier molecular flexibility index (Phi) is 4.47. The Morgan fingerprint density at radius 1 is 1.45 bits per heavy atom. The molecule has 1 aliphatic rings. The molecule has 0 bridgehead atoms. The Hall–Kier alpha value is -1.78. The van der Waals surface area contributed by atoms with Crippen molar-refractivity contribution in [1.82, 2.24) is 4.98 Å². The van der Waals surface area contributed by atoms with Crippen LogP contribution in [0, 0.1) is 11.8 Å². The lowest BCUT2D eigenvalue weighted by Crippen LogP contribution is -2.36. The number of aromatic nitrogens is 1. The number of ether oxygens (including phenoxy) is 1. The van der Waals surface area contributed by atoms with Crippen LogP contribution in [0.5, 0.6) is 0 Å². The van der Waals surface area contributed by atoms with Crippen LogP contribution >= 0.6 is 0 Å². The Balaban J connectivity index is 2.19. The molecule has 1 aliphatic heterocycles. The van der Waals surface area contributed by atoms with Crippen LogP contribution in [0.15, 0.2) is 12.3 Å². The molecule has 0 radical (unpaired) electrons. The van der Waals surface area contributed by atoms with Crippen molar-refractivity contribution in [3.63, 3.8) is 0 Å². The Labute approximate surface area is 120 Å². The van der Waals surface area contributed by atoms with E-state index in [4.69, 9.17) is 10.5 Å². The molecule has 5 heteroatoms. The van der Waals surface area contributed by atoms with Crippen molar-refractivity contribution in [2.24, 2.45) is 11.8 Å². The molecule has 110 valence electrons.